The van der Waals surface area contributed by atoms with E-state index in [1.807, 2.05) is 20.8 Å². The molecule has 1 aliphatic heterocycles. The van der Waals surface area contributed by atoms with Crippen LogP contribution in [0.25, 0.3) is 0 Å². The van der Waals surface area contributed by atoms with Crippen LogP contribution >= 0.6 is 0 Å². The number of ether oxygens (including phenoxy) is 1. The van der Waals surface area contributed by atoms with Gasteiger partial charge in [0.1, 0.15) is 0 Å². The molecule has 0 saturated heterocycles. The summed E-state index contributed by atoms with van der Waals surface area (Å²) in [6.07, 6.45) is 0.544. The van der Waals surface area contributed by atoms with Gasteiger partial charge in [0, 0.05) is 13.1 Å². The van der Waals surface area contributed by atoms with Crippen molar-refractivity contribution in [2.75, 3.05) is 13.1 Å². The molecule has 0 aromatic heterocycles. The van der Waals surface area contributed by atoms with Crippen molar-refractivity contribution in [2.45, 2.75) is 46.6 Å². The highest BCUT2D eigenvalue weighted by molar-refractivity contribution is 6.22. The van der Waals surface area contributed by atoms with Crippen molar-refractivity contribution in [3.63, 3.8) is 0 Å². The molecule has 7 nitrogen and oxygen atoms in total. The maximum absolute atomic E-state index is 12.5. The zero-order valence-electron chi connectivity index (χ0n) is 16.2. The van der Waals surface area contributed by atoms with E-state index in [9.17, 15) is 19.2 Å². The van der Waals surface area contributed by atoms with E-state index in [0.717, 1.165) is 6.42 Å². The topological polar surface area (TPSA) is 92.8 Å². The number of amides is 3. The zero-order chi connectivity index (χ0) is 20.1. The van der Waals surface area contributed by atoms with Crippen molar-refractivity contribution in [1.82, 2.24) is 10.2 Å². The highest BCUT2D eigenvalue weighted by Gasteiger charge is 2.36. The number of hydrogen-bond donors (Lipinski definition) is 1. The molecule has 0 fully saturated rings. The van der Waals surface area contributed by atoms with Gasteiger partial charge in [0.15, 0.2) is 6.10 Å². The fourth-order valence-electron chi connectivity index (χ4n) is 2.68. The maximum atomic E-state index is 12.5. The Morgan fingerprint density at radius 2 is 1.78 bits per heavy atom. The van der Waals surface area contributed by atoms with Crippen molar-refractivity contribution < 1.29 is 23.9 Å². The minimum Gasteiger partial charge on any atom is -0.449 e. The molecule has 0 spiro atoms. The van der Waals surface area contributed by atoms with Crippen LogP contribution in [0.1, 0.15) is 71.6 Å². The molecule has 1 atom stereocenters. The molecule has 3 amide bonds. The smallest absolute Gasteiger partial charge is 0.338 e. The van der Waals surface area contributed by atoms with Gasteiger partial charge in [-0.05, 0) is 43.9 Å². The van der Waals surface area contributed by atoms with Crippen LogP contribution in [0.15, 0.2) is 18.2 Å². The first-order valence-electron chi connectivity index (χ1n) is 9.25. The summed E-state index contributed by atoms with van der Waals surface area (Å²) in [6.45, 7) is 8.29. The Morgan fingerprint density at radius 1 is 1.11 bits per heavy atom. The maximum Gasteiger partial charge on any atom is 0.338 e. The Labute approximate surface area is 159 Å². The minimum absolute atomic E-state index is 0.135. The summed E-state index contributed by atoms with van der Waals surface area (Å²) in [5.74, 6) is -1.47. The average Bonchev–Trinajstić information content (AvgIpc) is 2.87. The summed E-state index contributed by atoms with van der Waals surface area (Å²) < 4.78 is 5.16. The van der Waals surface area contributed by atoms with Crippen LogP contribution in [0, 0.1) is 5.92 Å². The van der Waals surface area contributed by atoms with Crippen molar-refractivity contribution in [3.8, 4) is 0 Å². The normalized spacial score (nSPS) is 14.3. The highest BCUT2D eigenvalue weighted by Crippen LogP contribution is 2.25. The molecular weight excluding hydrogens is 348 g/mol. The number of fused-ring (bicyclic) bond motifs is 1. The third kappa shape index (κ3) is 4.72. The molecule has 0 radical (unpaired) electrons. The van der Waals surface area contributed by atoms with Gasteiger partial charge in [0.05, 0.1) is 16.7 Å². The van der Waals surface area contributed by atoms with E-state index in [1.165, 1.54) is 30.0 Å². The highest BCUT2D eigenvalue weighted by atomic mass is 16.5. The van der Waals surface area contributed by atoms with Crippen molar-refractivity contribution in [1.29, 1.82) is 0 Å². The lowest BCUT2D eigenvalue weighted by Crippen LogP contribution is -2.36. The molecule has 0 saturated carbocycles. The molecule has 27 heavy (non-hydrogen) atoms. The second-order valence-corrected chi connectivity index (χ2v) is 7.04. The molecule has 1 aromatic rings. The van der Waals surface area contributed by atoms with Gasteiger partial charge in [-0.25, -0.2) is 4.79 Å². The Bertz CT molecular complexity index is 757. The van der Waals surface area contributed by atoms with Gasteiger partial charge < -0.3 is 10.1 Å². The molecule has 146 valence electrons. The quantitative estimate of drug-likeness (QED) is 0.557. The molecule has 2 rings (SSSR count). The number of rotatable bonds is 8. The monoisotopic (exact) mass is 374 g/mol. The summed E-state index contributed by atoms with van der Waals surface area (Å²) >= 11 is 0. The first-order chi connectivity index (χ1) is 12.8. The molecule has 1 N–H and O–H groups in total. The van der Waals surface area contributed by atoms with Crippen LogP contribution in [0.2, 0.25) is 0 Å². The van der Waals surface area contributed by atoms with Gasteiger partial charge in [-0.2, -0.15) is 0 Å². The first-order valence-corrected chi connectivity index (χ1v) is 9.25. The summed E-state index contributed by atoms with van der Waals surface area (Å²) in [7, 11) is 0. The third-order valence-corrected chi connectivity index (χ3v) is 4.34. The Morgan fingerprint density at radius 3 is 2.41 bits per heavy atom. The van der Waals surface area contributed by atoms with Gasteiger partial charge in [-0.15, -0.1) is 0 Å². The SMILES string of the molecule is CCCNC(=O)[C@H](C)OC(=O)c1ccc2c(c1)C(=O)N(CCC(C)C)C2=O. The van der Waals surface area contributed by atoms with Gasteiger partial charge in [-0.3, -0.25) is 19.3 Å². The third-order valence-electron chi connectivity index (χ3n) is 4.34. The number of hydrogen-bond acceptors (Lipinski definition) is 5. The summed E-state index contributed by atoms with van der Waals surface area (Å²) in [4.78, 5) is 50.3. The number of benzene rings is 1. The lowest BCUT2D eigenvalue weighted by Gasteiger charge is -2.14. The standard InChI is InChI=1S/C20H26N2O5/c1-5-9-21-17(23)13(4)27-20(26)14-6-7-15-16(11-14)19(25)22(18(15)24)10-8-12(2)3/h6-7,11-13H,5,8-10H2,1-4H3,(H,21,23)/t13-/m0/s1. The van der Waals surface area contributed by atoms with E-state index < -0.39 is 18.0 Å². The van der Waals surface area contributed by atoms with Gasteiger partial charge in [0.2, 0.25) is 0 Å². The number of nitrogens with one attached hydrogen (secondary N) is 1. The average molecular weight is 374 g/mol. The predicted octanol–water partition coefficient (Wildman–Crippen LogP) is 2.40. The van der Waals surface area contributed by atoms with Crippen LogP contribution in [0.3, 0.4) is 0 Å². The number of carbonyl (C=O) groups is 4. The number of esters is 1. The summed E-state index contributed by atoms with van der Waals surface area (Å²) in [6, 6.07) is 4.27. The Hall–Kier alpha value is -2.70. The number of carbonyl (C=O) groups excluding carboxylic acids is 4. The van der Waals surface area contributed by atoms with E-state index in [-0.39, 0.29) is 28.5 Å². The van der Waals surface area contributed by atoms with Gasteiger partial charge in [0.25, 0.3) is 17.7 Å². The first kappa shape index (κ1) is 20.6. The molecule has 1 heterocycles. The van der Waals surface area contributed by atoms with Crippen LogP contribution in [0.4, 0.5) is 0 Å². The Balaban J connectivity index is 2.10. The molecular formula is C20H26N2O5. The second-order valence-electron chi connectivity index (χ2n) is 7.04. The van der Waals surface area contributed by atoms with Crippen LogP contribution in [-0.2, 0) is 9.53 Å². The molecule has 1 aliphatic rings. The van der Waals surface area contributed by atoms with Crippen LogP contribution in [-0.4, -0.2) is 47.8 Å². The van der Waals surface area contributed by atoms with Gasteiger partial charge >= 0.3 is 5.97 Å². The molecule has 7 heteroatoms. The lowest BCUT2D eigenvalue weighted by molar-refractivity contribution is -0.129. The van der Waals surface area contributed by atoms with Crippen molar-refractivity contribution in [2.24, 2.45) is 5.92 Å². The van der Waals surface area contributed by atoms with E-state index in [0.29, 0.717) is 25.4 Å². The molecule has 0 aliphatic carbocycles. The van der Waals surface area contributed by atoms with Gasteiger partial charge in [-0.1, -0.05) is 20.8 Å². The predicted molar refractivity (Wildman–Crippen MR) is 99.4 cm³/mol. The van der Waals surface area contributed by atoms with Crippen molar-refractivity contribution >= 4 is 23.7 Å². The van der Waals surface area contributed by atoms with E-state index in [1.54, 1.807) is 0 Å². The molecule has 1 aromatic carbocycles. The second kappa shape index (κ2) is 8.79. The largest absolute Gasteiger partial charge is 0.449 e. The van der Waals surface area contributed by atoms with E-state index in [2.05, 4.69) is 5.32 Å². The summed E-state index contributed by atoms with van der Waals surface area (Å²) in [5, 5.41) is 2.65. The number of nitrogens with zero attached hydrogens (tertiary/aromatic N) is 1. The zero-order valence-corrected chi connectivity index (χ0v) is 16.2. The molecule has 0 bridgehead atoms. The minimum atomic E-state index is -0.947. The fraction of sp³-hybridized carbons (Fsp3) is 0.500. The van der Waals surface area contributed by atoms with Crippen molar-refractivity contribution in [3.05, 3.63) is 34.9 Å². The fourth-order valence-corrected chi connectivity index (χ4v) is 2.68. The lowest BCUT2D eigenvalue weighted by atomic mass is 10.1. The number of imide groups is 1. The van der Waals surface area contributed by atoms with E-state index >= 15 is 0 Å². The molecule has 0 unspecified atom stereocenters. The van der Waals surface area contributed by atoms with E-state index in [4.69, 9.17) is 4.74 Å². The van der Waals surface area contributed by atoms with Crippen LogP contribution in [0.5, 0.6) is 0 Å². The van der Waals surface area contributed by atoms with Crippen LogP contribution < -0.4 is 5.32 Å². The summed E-state index contributed by atoms with van der Waals surface area (Å²) in [5.41, 5.74) is 0.617. The Kier molecular flexibility index (Phi) is 6.71.